The number of rotatable bonds is 3. The molecule has 1 amide bonds. The maximum Gasteiger partial charge on any atom is 0.253 e. The van der Waals surface area contributed by atoms with Crippen LogP contribution < -0.4 is 0 Å². The number of aromatic nitrogens is 2. The number of carbonyl (C=O) groups excluding carboxylic acids is 1. The molecule has 2 atom stereocenters. The number of aryl methyl sites for hydroxylation is 3. The largest absolute Gasteiger partial charge is 0.381 e. The lowest BCUT2D eigenvalue weighted by molar-refractivity contribution is 0.0369. The second kappa shape index (κ2) is 7.46. The van der Waals surface area contributed by atoms with Gasteiger partial charge in [0.1, 0.15) is 0 Å². The fraction of sp³-hybridized carbons (Fsp3) is 0.609. The Kier molecular flexibility index (Phi) is 4.90. The number of fused-ring (bicyclic) bond motifs is 1. The Labute approximate surface area is 177 Å². The van der Waals surface area contributed by atoms with E-state index in [1.165, 1.54) is 0 Å². The standard InChI is InChI=1S/C23H30N4O3/c1-15-8-16(2)10-18(9-15)21(28)27-12-19-11-26(20-4-6-29-7-5-20)13-23(19,14-27)22-24-17(3)25-30-22/h8-10,19-20H,4-7,11-14H2,1-3H3/t19-,23-/m1/s1. The van der Waals surface area contributed by atoms with Crippen LogP contribution in [-0.2, 0) is 10.2 Å². The zero-order valence-corrected chi connectivity index (χ0v) is 18.1. The van der Waals surface area contributed by atoms with Crippen LogP contribution in [-0.4, -0.2) is 71.3 Å². The van der Waals surface area contributed by atoms with Crippen molar-refractivity contribution in [2.45, 2.75) is 45.1 Å². The third-order valence-corrected chi connectivity index (χ3v) is 7.05. The van der Waals surface area contributed by atoms with Gasteiger partial charge in [0.25, 0.3) is 5.91 Å². The van der Waals surface area contributed by atoms with E-state index in [4.69, 9.17) is 9.26 Å². The summed E-state index contributed by atoms with van der Waals surface area (Å²) in [5.74, 6) is 1.75. The van der Waals surface area contributed by atoms with Gasteiger partial charge in [0.2, 0.25) is 5.89 Å². The molecule has 5 rings (SSSR count). The molecule has 4 heterocycles. The molecular formula is C23H30N4O3. The minimum Gasteiger partial charge on any atom is -0.381 e. The van der Waals surface area contributed by atoms with Gasteiger partial charge in [-0.15, -0.1) is 0 Å². The third kappa shape index (κ3) is 3.34. The third-order valence-electron chi connectivity index (χ3n) is 7.05. The molecule has 0 N–H and O–H groups in total. The maximum atomic E-state index is 13.4. The van der Waals surface area contributed by atoms with Crippen molar-refractivity contribution < 1.29 is 14.1 Å². The Morgan fingerprint density at radius 3 is 2.47 bits per heavy atom. The second-order valence-electron chi connectivity index (χ2n) is 9.33. The highest BCUT2D eigenvalue weighted by molar-refractivity contribution is 5.95. The Morgan fingerprint density at radius 1 is 1.07 bits per heavy atom. The molecule has 1 aromatic carbocycles. The Balaban J connectivity index is 1.43. The molecular weight excluding hydrogens is 380 g/mol. The van der Waals surface area contributed by atoms with Gasteiger partial charge in [-0.05, 0) is 45.7 Å². The Bertz CT molecular complexity index is 931. The van der Waals surface area contributed by atoms with E-state index in [0.717, 1.165) is 62.4 Å². The first kappa shape index (κ1) is 19.7. The lowest BCUT2D eigenvalue weighted by Crippen LogP contribution is -2.44. The van der Waals surface area contributed by atoms with E-state index < -0.39 is 0 Å². The van der Waals surface area contributed by atoms with Crippen LogP contribution in [0.1, 0.15) is 46.0 Å². The second-order valence-corrected chi connectivity index (χ2v) is 9.33. The number of benzene rings is 1. The van der Waals surface area contributed by atoms with Crippen LogP contribution in [0.3, 0.4) is 0 Å². The quantitative estimate of drug-likeness (QED) is 0.774. The van der Waals surface area contributed by atoms with Crippen molar-refractivity contribution in [1.82, 2.24) is 19.9 Å². The lowest BCUT2D eigenvalue weighted by Gasteiger charge is -2.33. The first-order valence-electron chi connectivity index (χ1n) is 10.9. The van der Waals surface area contributed by atoms with E-state index in [2.05, 4.69) is 21.1 Å². The summed E-state index contributed by atoms with van der Waals surface area (Å²) in [6.45, 7) is 10.8. The Morgan fingerprint density at radius 2 is 1.80 bits per heavy atom. The van der Waals surface area contributed by atoms with Gasteiger partial charge in [0.05, 0.1) is 5.41 Å². The molecule has 3 fully saturated rings. The molecule has 0 saturated carbocycles. The molecule has 7 nitrogen and oxygen atoms in total. The highest BCUT2D eigenvalue weighted by atomic mass is 16.5. The smallest absolute Gasteiger partial charge is 0.253 e. The average molecular weight is 411 g/mol. The number of nitrogens with zero attached hydrogens (tertiary/aromatic N) is 4. The number of hydrogen-bond donors (Lipinski definition) is 0. The topological polar surface area (TPSA) is 71.7 Å². The monoisotopic (exact) mass is 410 g/mol. The Hall–Kier alpha value is -2.25. The van der Waals surface area contributed by atoms with Gasteiger partial charge in [-0.25, -0.2) is 0 Å². The lowest BCUT2D eigenvalue weighted by atomic mass is 9.81. The normalized spacial score (nSPS) is 27.6. The van der Waals surface area contributed by atoms with E-state index >= 15 is 0 Å². The molecule has 7 heteroatoms. The molecule has 160 valence electrons. The van der Waals surface area contributed by atoms with Crippen LogP contribution in [0.2, 0.25) is 0 Å². The van der Waals surface area contributed by atoms with Crippen LogP contribution >= 0.6 is 0 Å². The van der Waals surface area contributed by atoms with E-state index in [1.54, 1.807) is 0 Å². The summed E-state index contributed by atoms with van der Waals surface area (Å²) >= 11 is 0. The van der Waals surface area contributed by atoms with Crippen molar-refractivity contribution in [3.8, 4) is 0 Å². The van der Waals surface area contributed by atoms with Crippen LogP contribution in [0.4, 0.5) is 0 Å². The molecule has 2 aromatic rings. The first-order valence-corrected chi connectivity index (χ1v) is 10.9. The highest BCUT2D eigenvalue weighted by Gasteiger charge is 2.58. The minimum absolute atomic E-state index is 0.101. The summed E-state index contributed by atoms with van der Waals surface area (Å²) in [5, 5.41) is 4.08. The van der Waals surface area contributed by atoms with Crippen molar-refractivity contribution >= 4 is 5.91 Å². The van der Waals surface area contributed by atoms with Crippen molar-refractivity contribution in [2.24, 2.45) is 5.92 Å². The summed E-state index contributed by atoms with van der Waals surface area (Å²) in [7, 11) is 0. The van der Waals surface area contributed by atoms with Crippen LogP contribution in [0.15, 0.2) is 22.7 Å². The first-order chi connectivity index (χ1) is 14.4. The molecule has 0 bridgehead atoms. The zero-order chi connectivity index (χ0) is 20.9. The summed E-state index contributed by atoms with van der Waals surface area (Å²) in [6, 6.07) is 6.61. The molecule has 30 heavy (non-hydrogen) atoms. The van der Waals surface area contributed by atoms with Crippen LogP contribution in [0.25, 0.3) is 0 Å². The van der Waals surface area contributed by atoms with Crippen LogP contribution in [0, 0.1) is 26.7 Å². The van der Waals surface area contributed by atoms with Gasteiger partial charge in [0.15, 0.2) is 5.82 Å². The van der Waals surface area contributed by atoms with Crippen molar-refractivity contribution in [3.05, 3.63) is 46.6 Å². The predicted octanol–water partition coefficient (Wildman–Crippen LogP) is 2.50. The maximum absolute atomic E-state index is 13.4. The number of ether oxygens (including phenoxy) is 1. The van der Waals surface area contributed by atoms with E-state index in [0.29, 0.717) is 30.2 Å². The molecule has 3 saturated heterocycles. The van der Waals surface area contributed by atoms with Gasteiger partial charge >= 0.3 is 0 Å². The SMILES string of the molecule is Cc1cc(C)cc(C(=O)N2C[C@H]3CN(C4CCOCC4)C[C@@]3(c3nc(C)no3)C2)c1. The summed E-state index contributed by atoms with van der Waals surface area (Å²) in [4.78, 5) is 22.6. The molecule has 0 radical (unpaired) electrons. The molecule has 1 aromatic heterocycles. The molecule has 3 aliphatic heterocycles. The van der Waals surface area contributed by atoms with Gasteiger partial charge < -0.3 is 14.2 Å². The fourth-order valence-electron chi connectivity index (χ4n) is 5.67. The van der Waals surface area contributed by atoms with Crippen molar-refractivity contribution in [1.29, 1.82) is 0 Å². The fourth-order valence-corrected chi connectivity index (χ4v) is 5.67. The van der Waals surface area contributed by atoms with Gasteiger partial charge in [-0.3, -0.25) is 9.69 Å². The highest BCUT2D eigenvalue weighted by Crippen LogP contribution is 2.46. The minimum atomic E-state index is -0.284. The molecule has 0 spiro atoms. The zero-order valence-electron chi connectivity index (χ0n) is 18.1. The van der Waals surface area contributed by atoms with E-state index in [-0.39, 0.29) is 11.3 Å². The molecule has 0 unspecified atom stereocenters. The molecule has 3 aliphatic rings. The van der Waals surface area contributed by atoms with E-state index in [9.17, 15) is 4.79 Å². The average Bonchev–Trinajstić information content (AvgIpc) is 3.40. The van der Waals surface area contributed by atoms with Crippen LogP contribution in [0.5, 0.6) is 0 Å². The van der Waals surface area contributed by atoms with Crippen molar-refractivity contribution in [3.63, 3.8) is 0 Å². The van der Waals surface area contributed by atoms with Crippen molar-refractivity contribution in [2.75, 3.05) is 39.4 Å². The number of hydrogen-bond acceptors (Lipinski definition) is 6. The van der Waals surface area contributed by atoms with Gasteiger partial charge in [-0.1, -0.05) is 22.3 Å². The number of amides is 1. The predicted molar refractivity (Wildman–Crippen MR) is 111 cm³/mol. The number of carbonyl (C=O) groups is 1. The van der Waals surface area contributed by atoms with Gasteiger partial charge in [0, 0.05) is 56.9 Å². The number of likely N-dealkylation sites (tertiary alicyclic amines) is 2. The summed E-state index contributed by atoms with van der Waals surface area (Å²) < 4.78 is 11.3. The van der Waals surface area contributed by atoms with Gasteiger partial charge in [-0.2, -0.15) is 4.98 Å². The molecule has 0 aliphatic carbocycles. The van der Waals surface area contributed by atoms with E-state index in [1.807, 2.05) is 37.8 Å². The summed E-state index contributed by atoms with van der Waals surface area (Å²) in [6.07, 6.45) is 2.13. The summed E-state index contributed by atoms with van der Waals surface area (Å²) in [5.41, 5.74) is 2.72.